The summed E-state index contributed by atoms with van der Waals surface area (Å²) in [6, 6.07) is 10.3. The van der Waals surface area contributed by atoms with Crippen molar-refractivity contribution in [2.45, 2.75) is 32.0 Å². The number of nitrogens with zero attached hydrogens (tertiary/aromatic N) is 4. The summed E-state index contributed by atoms with van der Waals surface area (Å²) >= 11 is 0. The summed E-state index contributed by atoms with van der Waals surface area (Å²) in [5.74, 6) is 0.600. The third-order valence-electron chi connectivity index (χ3n) is 6.39. The van der Waals surface area contributed by atoms with Crippen molar-refractivity contribution in [3.63, 3.8) is 0 Å². The number of carbonyl (C=O) groups is 1. The van der Waals surface area contributed by atoms with E-state index in [-0.39, 0.29) is 5.91 Å². The lowest BCUT2D eigenvalue weighted by atomic mass is 10.1. The monoisotopic (exact) mass is 456 g/mol. The summed E-state index contributed by atoms with van der Waals surface area (Å²) in [7, 11) is 1.87. The number of aromatic nitrogens is 3. The number of aryl methyl sites for hydroxylation is 2. The predicted molar refractivity (Wildman–Crippen MR) is 118 cm³/mol. The van der Waals surface area contributed by atoms with Crippen molar-refractivity contribution >= 4 is 28.0 Å². The second-order valence-electron chi connectivity index (χ2n) is 8.55. The number of imidazole rings is 1. The van der Waals surface area contributed by atoms with Crippen LogP contribution in [0.1, 0.15) is 34.6 Å². The molecular formula is C24H23F3N4O2. The second kappa shape index (κ2) is 7.62. The molecule has 1 unspecified atom stereocenters. The van der Waals surface area contributed by atoms with Crippen molar-refractivity contribution in [2.75, 3.05) is 13.1 Å². The average molecular weight is 456 g/mol. The van der Waals surface area contributed by atoms with Crippen LogP contribution in [0.4, 0.5) is 13.2 Å². The van der Waals surface area contributed by atoms with E-state index < -0.39 is 17.8 Å². The van der Waals surface area contributed by atoms with Gasteiger partial charge in [0.15, 0.2) is 5.65 Å². The molecule has 0 radical (unpaired) electrons. The Labute approximate surface area is 187 Å². The second-order valence-corrected chi connectivity index (χ2v) is 8.55. The lowest BCUT2D eigenvalue weighted by Crippen LogP contribution is -2.42. The maximum atomic E-state index is 13.1. The number of piperidine rings is 1. The number of benzene rings is 2. The largest absolute Gasteiger partial charge is 0.416 e. The molecule has 4 aromatic rings. The lowest BCUT2D eigenvalue weighted by molar-refractivity contribution is -0.137. The van der Waals surface area contributed by atoms with Crippen molar-refractivity contribution in [3.8, 4) is 5.69 Å². The third-order valence-corrected chi connectivity index (χ3v) is 6.39. The Morgan fingerprint density at radius 2 is 1.88 bits per heavy atom. The van der Waals surface area contributed by atoms with E-state index in [1.165, 1.54) is 12.1 Å². The Morgan fingerprint density at radius 1 is 1.15 bits per heavy atom. The molecule has 1 aliphatic heterocycles. The predicted octanol–water partition coefficient (Wildman–Crippen LogP) is 4.44. The van der Waals surface area contributed by atoms with E-state index in [2.05, 4.69) is 4.98 Å². The molecule has 9 heteroatoms. The van der Waals surface area contributed by atoms with E-state index in [0.29, 0.717) is 36.4 Å². The van der Waals surface area contributed by atoms with Gasteiger partial charge in [0.2, 0.25) is 0 Å². The van der Waals surface area contributed by atoms with E-state index >= 15 is 0 Å². The van der Waals surface area contributed by atoms with Gasteiger partial charge in [-0.25, -0.2) is 4.98 Å². The van der Waals surface area contributed by atoms with Gasteiger partial charge in [0, 0.05) is 36.8 Å². The van der Waals surface area contributed by atoms with Crippen LogP contribution < -0.4 is 0 Å². The van der Waals surface area contributed by atoms with Crippen LogP contribution in [0.15, 0.2) is 42.5 Å². The molecule has 0 aliphatic carbocycles. The molecule has 1 fully saturated rings. The molecule has 1 atom stereocenters. The maximum Gasteiger partial charge on any atom is 0.416 e. The minimum atomic E-state index is -4.41. The topological polar surface area (TPSA) is 63.3 Å². The highest BCUT2D eigenvalue weighted by Gasteiger charge is 2.30. The minimum absolute atomic E-state index is 0.148. The zero-order valence-corrected chi connectivity index (χ0v) is 18.2. The van der Waals surface area contributed by atoms with Gasteiger partial charge in [0.05, 0.1) is 22.7 Å². The van der Waals surface area contributed by atoms with Gasteiger partial charge in [-0.1, -0.05) is 0 Å². The molecule has 0 saturated carbocycles. The molecule has 1 saturated heterocycles. The van der Waals surface area contributed by atoms with Gasteiger partial charge in [-0.2, -0.15) is 13.2 Å². The fourth-order valence-corrected chi connectivity index (χ4v) is 4.60. The molecule has 2 aromatic heterocycles. The van der Waals surface area contributed by atoms with Gasteiger partial charge >= 0.3 is 6.18 Å². The van der Waals surface area contributed by atoms with Gasteiger partial charge in [0.25, 0.3) is 5.91 Å². The Hall–Kier alpha value is -3.33. The number of alkyl halides is 3. The third kappa shape index (κ3) is 3.56. The van der Waals surface area contributed by atoms with E-state index in [1.54, 1.807) is 17.0 Å². The number of β-amino-alcohol motifs (C(OH)–C–C–N with tert-alkyl or cyclic N) is 1. The quantitative estimate of drug-likeness (QED) is 0.485. The minimum Gasteiger partial charge on any atom is -0.391 e. The first-order valence-corrected chi connectivity index (χ1v) is 10.8. The van der Waals surface area contributed by atoms with Crippen LogP contribution in [-0.4, -0.2) is 49.2 Å². The Bertz CT molecular complexity index is 1370. The highest BCUT2D eigenvalue weighted by Crippen LogP contribution is 2.35. The average Bonchev–Trinajstić information content (AvgIpc) is 3.25. The molecule has 6 nitrogen and oxygen atoms in total. The van der Waals surface area contributed by atoms with E-state index in [4.69, 9.17) is 0 Å². The van der Waals surface area contributed by atoms with Crippen LogP contribution >= 0.6 is 0 Å². The summed E-state index contributed by atoms with van der Waals surface area (Å²) in [5, 5.41) is 10.7. The molecule has 3 heterocycles. The van der Waals surface area contributed by atoms with Gasteiger partial charge < -0.3 is 14.6 Å². The Kier molecular flexibility index (Phi) is 4.97. The summed E-state index contributed by atoms with van der Waals surface area (Å²) in [4.78, 5) is 19.4. The standard InChI is InChI=1S/C24H23F3N4O2/c1-14-28-22-21(29(14)2)19-12-15(23(33)30-11-3-4-18(32)13-30)5-10-20(19)31(22)17-8-6-16(7-9-17)24(25,26)27/h5-10,12,18,32H,3-4,11,13H2,1-2H3. The van der Waals surface area contributed by atoms with Gasteiger partial charge in [0.1, 0.15) is 5.82 Å². The Morgan fingerprint density at radius 3 is 2.55 bits per heavy atom. The molecule has 172 valence electrons. The lowest BCUT2D eigenvalue weighted by Gasteiger charge is -2.30. The molecule has 0 bridgehead atoms. The zero-order chi connectivity index (χ0) is 23.5. The van der Waals surface area contributed by atoms with Crippen LogP contribution in [0.3, 0.4) is 0 Å². The van der Waals surface area contributed by atoms with Crippen molar-refractivity contribution in [1.29, 1.82) is 0 Å². The highest BCUT2D eigenvalue weighted by molar-refractivity contribution is 6.09. The van der Waals surface area contributed by atoms with E-state index in [9.17, 15) is 23.1 Å². The fourth-order valence-electron chi connectivity index (χ4n) is 4.60. The first-order chi connectivity index (χ1) is 15.6. The highest BCUT2D eigenvalue weighted by atomic mass is 19.4. The summed E-state index contributed by atoms with van der Waals surface area (Å²) < 4.78 is 42.9. The number of aliphatic hydroxyl groups excluding tert-OH is 1. The summed E-state index contributed by atoms with van der Waals surface area (Å²) in [6.07, 6.45) is -3.48. The number of hydrogen-bond acceptors (Lipinski definition) is 3. The number of halogens is 3. The van der Waals surface area contributed by atoms with Crippen LogP contribution in [0.2, 0.25) is 0 Å². The fraction of sp³-hybridized carbons (Fsp3) is 0.333. The summed E-state index contributed by atoms with van der Waals surface area (Å²) in [6.45, 7) is 2.76. The van der Waals surface area contributed by atoms with Crippen molar-refractivity contribution in [3.05, 3.63) is 59.4 Å². The number of amides is 1. The SMILES string of the molecule is Cc1nc2c(c3cc(C(=O)N4CCCC(O)C4)ccc3n2-c2ccc(C(F)(F)F)cc2)n1C. The summed E-state index contributed by atoms with van der Waals surface area (Å²) in [5.41, 5.74) is 2.51. The number of hydrogen-bond donors (Lipinski definition) is 1. The molecule has 1 N–H and O–H groups in total. The number of aliphatic hydroxyl groups is 1. The van der Waals surface area contributed by atoms with Crippen LogP contribution in [-0.2, 0) is 13.2 Å². The number of carbonyl (C=O) groups excluding carboxylic acids is 1. The van der Waals surface area contributed by atoms with E-state index in [0.717, 1.165) is 40.8 Å². The molecule has 1 amide bonds. The molecule has 5 rings (SSSR count). The molecular weight excluding hydrogens is 433 g/mol. The van der Waals surface area contributed by atoms with E-state index in [1.807, 2.05) is 29.2 Å². The first kappa shape index (κ1) is 21.5. The van der Waals surface area contributed by atoms with Gasteiger partial charge in [-0.15, -0.1) is 0 Å². The van der Waals surface area contributed by atoms with Crippen LogP contribution in [0.5, 0.6) is 0 Å². The van der Waals surface area contributed by atoms with Crippen molar-refractivity contribution in [2.24, 2.45) is 7.05 Å². The van der Waals surface area contributed by atoms with Gasteiger partial charge in [-0.05, 0) is 62.2 Å². The number of rotatable bonds is 2. The first-order valence-electron chi connectivity index (χ1n) is 10.8. The van der Waals surface area contributed by atoms with Crippen molar-refractivity contribution < 1.29 is 23.1 Å². The normalized spacial score (nSPS) is 17.3. The van der Waals surface area contributed by atoms with Crippen molar-refractivity contribution in [1.82, 2.24) is 19.0 Å². The molecule has 33 heavy (non-hydrogen) atoms. The smallest absolute Gasteiger partial charge is 0.391 e. The Balaban J connectivity index is 1.66. The molecule has 2 aromatic carbocycles. The van der Waals surface area contributed by atoms with Crippen LogP contribution in [0.25, 0.3) is 27.8 Å². The zero-order valence-electron chi connectivity index (χ0n) is 18.2. The van der Waals surface area contributed by atoms with Crippen LogP contribution in [0, 0.1) is 6.92 Å². The van der Waals surface area contributed by atoms with Gasteiger partial charge in [-0.3, -0.25) is 9.36 Å². The number of fused-ring (bicyclic) bond motifs is 3. The maximum absolute atomic E-state index is 13.1. The molecule has 1 aliphatic rings. The number of likely N-dealkylation sites (tertiary alicyclic amines) is 1. The molecule has 0 spiro atoms.